The number of halogens is 1. The molecule has 1 unspecified atom stereocenters. The van der Waals surface area contributed by atoms with E-state index in [1.54, 1.807) is 0 Å². The summed E-state index contributed by atoms with van der Waals surface area (Å²) in [7, 11) is 0. The second kappa shape index (κ2) is 5.35. The minimum absolute atomic E-state index is 0.383. The first-order valence-corrected chi connectivity index (χ1v) is 8.18. The molecule has 6 heteroatoms. The maximum absolute atomic E-state index is 4.46. The summed E-state index contributed by atoms with van der Waals surface area (Å²) in [5.74, 6) is 0.981. The Bertz CT molecular complexity index is 828. The first kappa shape index (κ1) is 13.7. The van der Waals surface area contributed by atoms with Crippen molar-refractivity contribution in [2.75, 3.05) is 18.0 Å². The van der Waals surface area contributed by atoms with Gasteiger partial charge in [-0.3, -0.25) is 4.68 Å². The molecule has 0 amide bonds. The zero-order chi connectivity index (χ0) is 15.1. The van der Waals surface area contributed by atoms with E-state index in [-0.39, 0.29) is 0 Å². The third-order valence-electron chi connectivity index (χ3n) is 4.26. The second-order valence-corrected chi connectivity index (χ2v) is 6.60. The maximum Gasteiger partial charge on any atom is 0.159 e. The topological polar surface area (TPSA) is 46.8 Å². The van der Waals surface area contributed by atoms with Crippen LogP contribution in [0.5, 0.6) is 0 Å². The molecule has 1 aliphatic heterocycles. The summed E-state index contributed by atoms with van der Waals surface area (Å²) in [6.45, 7) is 3.90. The molecule has 0 saturated carbocycles. The van der Waals surface area contributed by atoms with Crippen LogP contribution in [0.3, 0.4) is 0 Å². The predicted octanol–water partition coefficient (Wildman–Crippen LogP) is 3.35. The van der Waals surface area contributed by atoms with Crippen molar-refractivity contribution in [1.82, 2.24) is 20.0 Å². The van der Waals surface area contributed by atoms with E-state index in [2.05, 4.69) is 60.4 Å². The monoisotopic (exact) mass is 357 g/mol. The molecule has 2 aromatic heterocycles. The number of aromatic nitrogens is 4. The van der Waals surface area contributed by atoms with Crippen molar-refractivity contribution in [2.45, 2.75) is 19.4 Å². The molecule has 1 saturated heterocycles. The molecule has 1 fully saturated rings. The van der Waals surface area contributed by atoms with E-state index in [4.69, 9.17) is 0 Å². The Labute approximate surface area is 137 Å². The van der Waals surface area contributed by atoms with E-state index in [1.807, 2.05) is 24.0 Å². The van der Waals surface area contributed by atoms with Crippen LogP contribution in [0.15, 0.2) is 41.1 Å². The van der Waals surface area contributed by atoms with Crippen LogP contribution in [0.2, 0.25) is 0 Å². The standard InChI is InChI=1S/C16H16BrN5/c1-11-14-4-2-3-5-15(14)16(20-19-11)21-7-6-13(10-21)22-9-12(17)8-18-22/h2-5,8-9,13H,6-7,10H2,1H3. The second-order valence-electron chi connectivity index (χ2n) is 5.68. The molecule has 0 spiro atoms. The Morgan fingerprint density at radius 2 is 2.00 bits per heavy atom. The summed E-state index contributed by atoms with van der Waals surface area (Å²) in [4.78, 5) is 2.31. The lowest BCUT2D eigenvalue weighted by atomic mass is 10.1. The van der Waals surface area contributed by atoms with Gasteiger partial charge in [0, 0.05) is 30.1 Å². The van der Waals surface area contributed by atoms with Crippen LogP contribution in [-0.2, 0) is 0 Å². The number of anilines is 1. The average molecular weight is 358 g/mol. The van der Waals surface area contributed by atoms with Crippen LogP contribution < -0.4 is 4.90 Å². The first-order valence-electron chi connectivity index (χ1n) is 7.39. The highest BCUT2D eigenvalue weighted by atomic mass is 79.9. The Morgan fingerprint density at radius 1 is 1.18 bits per heavy atom. The molecule has 0 bridgehead atoms. The zero-order valence-electron chi connectivity index (χ0n) is 12.3. The van der Waals surface area contributed by atoms with Gasteiger partial charge in [0.2, 0.25) is 0 Å². The number of benzene rings is 1. The molecule has 112 valence electrons. The molecule has 0 radical (unpaired) electrons. The fourth-order valence-corrected chi connectivity index (χ4v) is 3.42. The van der Waals surface area contributed by atoms with Crippen LogP contribution in [0.1, 0.15) is 18.2 Å². The summed E-state index contributed by atoms with van der Waals surface area (Å²) >= 11 is 3.46. The first-order chi connectivity index (χ1) is 10.7. The zero-order valence-corrected chi connectivity index (χ0v) is 13.9. The smallest absolute Gasteiger partial charge is 0.159 e. The van der Waals surface area contributed by atoms with Crippen LogP contribution in [-0.4, -0.2) is 33.1 Å². The SMILES string of the molecule is Cc1nnc(N2CCC(n3cc(Br)cn3)C2)c2ccccc12. The van der Waals surface area contributed by atoms with Gasteiger partial charge in [0.15, 0.2) is 5.82 Å². The van der Waals surface area contributed by atoms with Crippen molar-refractivity contribution >= 4 is 32.5 Å². The number of nitrogens with zero attached hydrogens (tertiary/aromatic N) is 5. The molecule has 1 aliphatic rings. The van der Waals surface area contributed by atoms with Crippen molar-refractivity contribution < 1.29 is 0 Å². The van der Waals surface area contributed by atoms with Gasteiger partial charge in [-0.2, -0.15) is 10.2 Å². The molecule has 4 rings (SSSR count). The van der Waals surface area contributed by atoms with Gasteiger partial charge in [0.05, 0.1) is 22.4 Å². The van der Waals surface area contributed by atoms with E-state index in [9.17, 15) is 0 Å². The highest BCUT2D eigenvalue weighted by molar-refractivity contribution is 9.10. The Morgan fingerprint density at radius 3 is 2.77 bits per heavy atom. The van der Waals surface area contributed by atoms with Gasteiger partial charge in [-0.25, -0.2) is 0 Å². The normalized spacial score (nSPS) is 18.3. The molecule has 0 N–H and O–H groups in total. The van der Waals surface area contributed by atoms with Crippen LogP contribution in [0.4, 0.5) is 5.82 Å². The van der Waals surface area contributed by atoms with Gasteiger partial charge >= 0.3 is 0 Å². The van der Waals surface area contributed by atoms with E-state index < -0.39 is 0 Å². The van der Waals surface area contributed by atoms with Crippen LogP contribution in [0.25, 0.3) is 10.8 Å². The summed E-state index contributed by atoms with van der Waals surface area (Å²) in [6.07, 6.45) is 4.94. The van der Waals surface area contributed by atoms with E-state index in [1.165, 1.54) is 10.8 Å². The minimum atomic E-state index is 0.383. The number of fused-ring (bicyclic) bond motifs is 1. The highest BCUT2D eigenvalue weighted by Crippen LogP contribution is 2.31. The predicted molar refractivity (Wildman–Crippen MR) is 90.1 cm³/mol. The molecule has 3 aromatic rings. The molecular weight excluding hydrogens is 342 g/mol. The van der Waals surface area contributed by atoms with Crippen LogP contribution in [0, 0.1) is 6.92 Å². The quantitative estimate of drug-likeness (QED) is 0.705. The fraction of sp³-hybridized carbons (Fsp3) is 0.312. The summed E-state index contributed by atoms with van der Waals surface area (Å²) in [5, 5.41) is 15.6. The fourth-order valence-electron chi connectivity index (χ4n) is 3.12. The van der Waals surface area contributed by atoms with Crippen LogP contribution >= 0.6 is 15.9 Å². The van der Waals surface area contributed by atoms with Gasteiger partial charge in [-0.05, 0) is 29.3 Å². The average Bonchev–Trinajstić information content (AvgIpc) is 3.17. The molecule has 1 aromatic carbocycles. The maximum atomic E-state index is 4.46. The Hall–Kier alpha value is -1.95. The van der Waals surface area contributed by atoms with Gasteiger partial charge < -0.3 is 4.90 Å². The van der Waals surface area contributed by atoms with E-state index in [0.29, 0.717) is 6.04 Å². The lowest BCUT2D eigenvalue weighted by Crippen LogP contribution is -2.22. The molecule has 1 atom stereocenters. The van der Waals surface area contributed by atoms with Crippen molar-refractivity contribution in [2.24, 2.45) is 0 Å². The molecule has 5 nitrogen and oxygen atoms in total. The Balaban J connectivity index is 1.68. The summed E-state index contributed by atoms with van der Waals surface area (Å²) in [6, 6.07) is 8.73. The van der Waals surface area contributed by atoms with E-state index >= 15 is 0 Å². The van der Waals surface area contributed by atoms with Crippen molar-refractivity contribution in [3.8, 4) is 0 Å². The number of rotatable bonds is 2. The molecular formula is C16H16BrN5. The molecule has 0 aliphatic carbocycles. The van der Waals surface area contributed by atoms with Crippen molar-refractivity contribution in [1.29, 1.82) is 0 Å². The third-order valence-corrected chi connectivity index (χ3v) is 4.67. The molecule has 3 heterocycles. The number of aryl methyl sites for hydroxylation is 1. The summed E-state index contributed by atoms with van der Waals surface area (Å²) < 4.78 is 3.06. The number of hydrogen-bond donors (Lipinski definition) is 0. The molecule has 22 heavy (non-hydrogen) atoms. The number of hydrogen-bond acceptors (Lipinski definition) is 4. The minimum Gasteiger partial charge on any atom is -0.352 e. The van der Waals surface area contributed by atoms with E-state index in [0.717, 1.165) is 35.5 Å². The van der Waals surface area contributed by atoms with Crippen molar-refractivity contribution in [3.63, 3.8) is 0 Å². The third kappa shape index (κ3) is 2.27. The largest absolute Gasteiger partial charge is 0.352 e. The summed E-state index contributed by atoms with van der Waals surface area (Å²) in [5.41, 5.74) is 0.978. The van der Waals surface area contributed by atoms with Gasteiger partial charge in [-0.1, -0.05) is 24.3 Å². The lowest BCUT2D eigenvalue weighted by molar-refractivity contribution is 0.494. The van der Waals surface area contributed by atoms with Gasteiger partial charge in [-0.15, -0.1) is 5.10 Å². The lowest BCUT2D eigenvalue weighted by Gasteiger charge is -2.19. The highest BCUT2D eigenvalue weighted by Gasteiger charge is 2.27. The van der Waals surface area contributed by atoms with Gasteiger partial charge in [0.25, 0.3) is 0 Å². The van der Waals surface area contributed by atoms with Gasteiger partial charge in [0.1, 0.15) is 0 Å². The Kier molecular flexibility index (Phi) is 3.33. The van der Waals surface area contributed by atoms with Crippen molar-refractivity contribution in [3.05, 3.63) is 46.8 Å².